The third kappa shape index (κ3) is 2.70. The molecule has 0 aromatic heterocycles. The average Bonchev–Trinajstić information content (AvgIpc) is 2.88. The fraction of sp³-hybridized carbons (Fsp3) is 0.923. The van der Waals surface area contributed by atoms with Gasteiger partial charge in [0.15, 0.2) is 5.79 Å². The molecule has 0 amide bonds. The lowest BCUT2D eigenvalue weighted by molar-refractivity contribution is -0.217. The van der Waals surface area contributed by atoms with E-state index in [-0.39, 0.29) is 17.6 Å². The Hall–Kier alpha value is 0.250. The monoisotopic (exact) mass is 304 g/mol. The molecule has 1 N–H and O–H groups in total. The number of carbonyl (C=O) groups excluding carboxylic acids is 1. The maximum atomic E-state index is 12.0. The second kappa shape index (κ2) is 5.93. The Morgan fingerprint density at radius 1 is 1.21 bits per heavy atom. The molecule has 0 aromatic carbocycles. The Labute approximate surface area is 122 Å². The van der Waals surface area contributed by atoms with Gasteiger partial charge >= 0.3 is 0 Å². The van der Waals surface area contributed by atoms with E-state index < -0.39 is 11.9 Å². The van der Waals surface area contributed by atoms with Crippen LogP contribution in [0, 0.1) is 11.8 Å². The second-order valence-electron chi connectivity index (χ2n) is 5.33. The maximum Gasteiger partial charge on any atom is 0.175 e. The largest absolute Gasteiger partial charge is 0.392 e. The molecule has 6 heteroatoms. The van der Waals surface area contributed by atoms with Gasteiger partial charge in [-0.05, 0) is 5.75 Å². The summed E-state index contributed by atoms with van der Waals surface area (Å²) in [5.74, 6) is 2.68. The number of hydrogen-bond acceptors (Lipinski definition) is 6. The molecule has 0 saturated carbocycles. The molecule has 0 bridgehead atoms. The molecule has 3 rings (SSSR count). The Balaban J connectivity index is 1.76. The van der Waals surface area contributed by atoms with Gasteiger partial charge in [0.1, 0.15) is 5.78 Å². The highest BCUT2D eigenvalue weighted by Crippen LogP contribution is 2.43. The summed E-state index contributed by atoms with van der Waals surface area (Å²) in [5.41, 5.74) is 0. The number of carbonyl (C=O) groups is 1. The highest BCUT2D eigenvalue weighted by molar-refractivity contribution is 7.99. The summed E-state index contributed by atoms with van der Waals surface area (Å²) < 4.78 is 11.7. The van der Waals surface area contributed by atoms with Crippen LogP contribution < -0.4 is 0 Å². The average molecular weight is 304 g/mol. The number of ketones is 1. The zero-order valence-electron chi connectivity index (χ0n) is 10.9. The number of Topliss-reactive ketones (excluding diaryl/α,β-unsaturated/α-hetero) is 1. The molecular weight excluding hydrogens is 284 g/mol. The van der Waals surface area contributed by atoms with Crippen LogP contribution in [-0.2, 0) is 14.3 Å². The van der Waals surface area contributed by atoms with Crippen LogP contribution in [-0.4, -0.2) is 59.0 Å². The summed E-state index contributed by atoms with van der Waals surface area (Å²) in [6.45, 7) is 1.20. The van der Waals surface area contributed by atoms with Crippen LogP contribution >= 0.6 is 23.5 Å². The van der Waals surface area contributed by atoms with Gasteiger partial charge in [-0.25, -0.2) is 0 Å². The van der Waals surface area contributed by atoms with Crippen molar-refractivity contribution in [1.29, 1.82) is 0 Å². The quantitative estimate of drug-likeness (QED) is 0.826. The van der Waals surface area contributed by atoms with Gasteiger partial charge in [0, 0.05) is 36.0 Å². The molecule has 3 aliphatic heterocycles. The van der Waals surface area contributed by atoms with Crippen LogP contribution in [0.15, 0.2) is 0 Å². The maximum absolute atomic E-state index is 12.0. The van der Waals surface area contributed by atoms with Crippen LogP contribution in [0.4, 0.5) is 0 Å². The van der Waals surface area contributed by atoms with Crippen LogP contribution in [0.5, 0.6) is 0 Å². The second-order valence-corrected chi connectivity index (χ2v) is 7.63. The fourth-order valence-corrected chi connectivity index (χ4v) is 5.61. The summed E-state index contributed by atoms with van der Waals surface area (Å²) in [5, 5.41) is 10.7. The Morgan fingerprint density at radius 2 is 1.95 bits per heavy atom. The molecule has 3 atom stereocenters. The molecule has 4 nitrogen and oxygen atoms in total. The van der Waals surface area contributed by atoms with Gasteiger partial charge in [0.05, 0.1) is 25.2 Å². The highest BCUT2D eigenvalue weighted by atomic mass is 32.2. The van der Waals surface area contributed by atoms with E-state index in [0.717, 1.165) is 29.4 Å². The Bertz CT molecular complexity index is 344. The van der Waals surface area contributed by atoms with E-state index in [0.29, 0.717) is 19.6 Å². The molecule has 0 unspecified atom stereocenters. The van der Waals surface area contributed by atoms with Gasteiger partial charge in [0.2, 0.25) is 0 Å². The number of aliphatic hydroxyl groups is 1. The molecule has 3 saturated heterocycles. The summed E-state index contributed by atoms with van der Waals surface area (Å²) in [4.78, 5) is 12.0. The molecular formula is C13H20O4S2. The molecule has 1 spiro atoms. The van der Waals surface area contributed by atoms with Crippen molar-refractivity contribution in [3.63, 3.8) is 0 Å². The van der Waals surface area contributed by atoms with Gasteiger partial charge in [-0.15, -0.1) is 0 Å². The molecule has 0 aliphatic carbocycles. The first kappa shape index (κ1) is 14.2. The topological polar surface area (TPSA) is 55.8 Å². The summed E-state index contributed by atoms with van der Waals surface area (Å²) in [6, 6.07) is 0. The first-order chi connectivity index (χ1) is 9.23. The van der Waals surface area contributed by atoms with Crippen molar-refractivity contribution in [1.82, 2.24) is 0 Å². The fourth-order valence-electron chi connectivity index (χ4n) is 3.16. The highest BCUT2D eigenvalue weighted by Gasteiger charge is 2.51. The van der Waals surface area contributed by atoms with Crippen LogP contribution in [0.1, 0.15) is 12.8 Å². The van der Waals surface area contributed by atoms with Crippen molar-refractivity contribution >= 4 is 29.3 Å². The van der Waals surface area contributed by atoms with Crippen molar-refractivity contribution in [3.05, 3.63) is 0 Å². The normalized spacial score (nSPS) is 36.6. The smallest absolute Gasteiger partial charge is 0.175 e. The van der Waals surface area contributed by atoms with Gasteiger partial charge in [-0.3, -0.25) is 4.79 Å². The zero-order valence-corrected chi connectivity index (χ0v) is 12.5. The molecule has 19 heavy (non-hydrogen) atoms. The van der Waals surface area contributed by atoms with Crippen LogP contribution in [0.2, 0.25) is 0 Å². The summed E-state index contributed by atoms with van der Waals surface area (Å²) in [7, 11) is 0. The molecule has 3 heterocycles. The zero-order chi connectivity index (χ0) is 13.3. The molecule has 3 fully saturated rings. The van der Waals surface area contributed by atoms with Gasteiger partial charge < -0.3 is 14.6 Å². The van der Waals surface area contributed by atoms with E-state index in [1.807, 2.05) is 11.8 Å². The van der Waals surface area contributed by atoms with E-state index >= 15 is 0 Å². The van der Waals surface area contributed by atoms with Gasteiger partial charge in [-0.2, -0.15) is 23.5 Å². The molecule has 0 radical (unpaired) electrons. The van der Waals surface area contributed by atoms with Crippen LogP contribution in [0.25, 0.3) is 0 Å². The van der Waals surface area contributed by atoms with Gasteiger partial charge in [-0.1, -0.05) is 0 Å². The van der Waals surface area contributed by atoms with Crippen molar-refractivity contribution in [2.45, 2.75) is 24.7 Å². The van der Waals surface area contributed by atoms with E-state index in [1.165, 1.54) is 0 Å². The first-order valence-electron chi connectivity index (χ1n) is 6.87. The lowest BCUT2D eigenvalue weighted by Gasteiger charge is -2.43. The predicted octanol–water partition coefficient (Wildman–Crippen LogP) is 1.17. The Kier molecular flexibility index (Phi) is 4.43. The lowest BCUT2D eigenvalue weighted by atomic mass is 9.82. The standard InChI is InChI=1S/C13H20O4S2/c14-11-1-5-18-7-9(11)12(15)10-8-19-6-2-13(10)16-3-4-17-13/h9-10,12,15H,1-8H2/t9-,10+,12-/m0/s1. The van der Waals surface area contributed by atoms with E-state index in [4.69, 9.17) is 9.47 Å². The SMILES string of the molecule is O=C1CCSC[C@@H]1[C@H](O)[C@H]1CSCCC12OCCO2. The molecule has 3 aliphatic rings. The lowest BCUT2D eigenvalue weighted by Crippen LogP contribution is -2.53. The number of aliphatic hydroxyl groups excluding tert-OH is 1. The molecule has 0 aromatic rings. The number of ether oxygens (including phenoxy) is 2. The third-order valence-electron chi connectivity index (χ3n) is 4.26. The van der Waals surface area contributed by atoms with Crippen molar-refractivity contribution in [3.8, 4) is 0 Å². The van der Waals surface area contributed by atoms with Crippen molar-refractivity contribution in [2.75, 3.05) is 36.2 Å². The predicted molar refractivity (Wildman–Crippen MR) is 76.5 cm³/mol. The number of hydrogen-bond donors (Lipinski definition) is 1. The van der Waals surface area contributed by atoms with Crippen molar-refractivity contribution in [2.24, 2.45) is 11.8 Å². The van der Waals surface area contributed by atoms with Crippen LogP contribution in [0.3, 0.4) is 0 Å². The van der Waals surface area contributed by atoms with E-state index in [9.17, 15) is 9.90 Å². The first-order valence-corrected chi connectivity index (χ1v) is 9.18. The number of thioether (sulfide) groups is 2. The Morgan fingerprint density at radius 3 is 2.68 bits per heavy atom. The summed E-state index contributed by atoms with van der Waals surface area (Å²) in [6.07, 6.45) is 0.764. The van der Waals surface area contributed by atoms with E-state index in [1.54, 1.807) is 11.8 Å². The minimum absolute atomic E-state index is 0.0820. The van der Waals surface area contributed by atoms with Crippen molar-refractivity contribution < 1.29 is 19.4 Å². The third-order valence-corrected chi connectivity index (χ3v) is 6.44. The van der Waals surface area contributed by atoms with Gasteiger partial charge in [0.25, 0.3) is 0 Å². The minimum atomic E-state index is -0.633. The van der Waals surface area contributed by atoms with E-state index in [2.05, 4.69) is 0 Å². The summed E-state index contributed by atoms with van der Waals surface area (Å²) >= 11 is 3.58. The number of rotatable bonds is 2. The minimum Gasteiger partial charge on any atom is -0.392 e. The molecule has 108 valence electrons.